The third-order valence-corrected chi connectivity index (χ3v) is 3.61. The van der Waals surface area contributed by atoms with Crippen molar-refractivity contribution >= 4 is 28.3 Å². The fraction of sp³-hybridized carbons (Fsp3) is 0.0769. The second kappa shape index (κ2) is 5.33. The SMILES string of the molecule is O=Cc1ccc([N+](=O)[O-])c(OCc2cn3ccsc3n2)c1. The Labute approximate surface area is 122 Å². The molecule has 0 saturated heterocycles. The van der Waals surface area contributed by atoms with Crippen molar-refractivity contribution in [3.05, 3.63) is 57.3 Å². The van der Waals surface area contributed by atoms with Gasteiger partial charge >= 0.3 is 5.69 Å². The molecule has 1 aromatic carbocycles. The van der Waals surface area contributed by atoms with Crippen LogP contribution >= 0.6 is 11.3 Å². The Kier molecular flexibility index (Phi) is 3.36. The zero-order valence-corrected chi connectivity index (χ0v) is 11.4. The lowest BCUT2D eigenvalue weighted by Crippen LogP contribution is -2.00. The van der Waals surface area contributed by atoms with Crippen LogP contribution in [0, 0.1) is 10.1 Å². The number of fused-ring (bicyclic) bond motifs is 1. The van der Waals surface area contributed by atoms with E-state index < -0.39 is 4.92 Å². The third kappa shape index (κ3) is 2.61. The number of carbonyl (C=O) groups is 1. The highest BCUT2D eigenvalue weighted by Gasteiger charge is 2.16. The Morgan fingerprint density at radius 2 is 2.33 bits per heavy atom. The van der Waals surface area contributed by atoms with E-state index in [0.29, 0.717) is 17.5 Å². The van der Waals surface area contributed by atoms with Crippen LogP contribution in [0.5, 0.6) is 5.75 Å². The Morgan fingerprint density at radius 1 is 1.48 bits per heavy atom. The summed E-state index contributed by atoms with van der Waals surface area (Å²) in [5.74, 6) is 0.0564. The molecule has 0 radical (unpaired) electrons. The van der Waals surface area contributed by atoms with Crippen molar-refractivity contribution in [1.29, 1.82) is 0 Å². The number of ether oxygens (including phenoxy) is 1. The monoisotopic (exact) mass is 303 g/mol. The summed E-state index contributed by atoms with van der Waals surface area (Å²) in [6, 6.07) is 3.99. The lowest BCUT2D eigenvalue weighted by molar-refractivity contribution is -0.385. The largest absolute Gasteiger partial charge is 0.480 e. The van der Waals surface area contributed by atoms with E-state index in [1.165, 1.54) is 29.5 Å². The smallest absolute Gasteiger partial charge is 0.310 e. The number of aldehydes is 1. The van der Waals surface area contributed by atoms with Crippen molar-refractivity contribution in [3.8, 4) is 5.75 Å². The highest BCUT2D eigenvalue weighted by molar-refractivity contribution is 7.15. The third-order valence-electron chi connectivity index (χ3n) is 2.84. The first-order chi connectivity index (χ1) is 10.2. The summed E-state index contributed by atoms with van der Waals surface area (Å²) in [5, 5.41) is 12.9. The fourth-order valence-corrected chi connectivity index (χ4v) is 2.59. The molecule has 0 unspecified atom stereocenters. The van der Waals surface area contributed by atoms with Gasteiger partial charge in [0.2, 0.25) is 0 Å². The van der Waals surface area contributed by atoms with Crippen LogP contribution in [0.25, 0.3) is 4.96 Å². The molecule has 2 aromatic heterocycles. The van der Waals surface area contributed by atoms with Crippen molar-refractivity contribution in [3.63, 3.8) is 0 Å². The number of aromatic nitrogens is 2. The van der Waals surface area contributed by atoms with Gasteiger partial charge in [-0.2, -0.15) is 0 Å². The molecule has 0 fully saturated rings. The lowest BCUT2D eigenvalue weighted by Gasteiger charge is -2.05. The molecule has 0 N–H and O–H groups in total. The van der Waals surface area contributed by atoms with Crippen LogP contribution in [0.2, 0.25) is 0 Å². The molecule has 2 heterocycles. The number of nitro benzene ring substituents is 1. The van der Waals surface area contributed by atoms with Crippen molar-refractivity contribution in [2.24, 2.45) is 0 Å². The molecular formula is C13H9N3O4S. The van der Waals surface area contributed by atoms with E-state index in [4.69, 9.17) is 4.74 Å². The minimum Gasteiger partial charge on any atom is -0.480 e. The molecular weight excluding hydrogens is 294 g/mol. The van der Waals surface area contributed by atoms with Crippen LogP contribution in [0.4, 0.5) is 5.69 Å². The van der Waals surface area contributed by atoms with Crippen LogP contribution in [0.1, 0.15) is 16.1 Å². The Balaban J connectivity index is 1.84. The average Bonchev–Trinajstić information content (AvgIpc) is 3.05. The zero-order valence-electron chi connectivity index (χ0n) is 10.6. The van der Waals surface area contributed by atoms with E-state index in [9.17, 15) is 14.9 Å². The summed E-state index contributed by atoms with van der Waals surface area (Å²) in [6.45, 7) is 0.0948. The fourth-order valence-electron chi connectivity index (χ4n) is 1.87. The van der Waals surface area contributed by atoms with Gasteiger partial charge in [0.1, 0.15) is 12.9 Å². The first-order valence-electron chi connectivity index (χ1n) is 5.95. The highest BCUT2D eigenvalue weighted by atomic mass is 32.1. The number of nitrogens with zero attached hydrogens (tertiary/aromatic N) is 3. The van der Waals surface area contributed by atoms with Crippen LogP contribution < -0.4 is 4.74 Å². The standard InChI is InChI=1S/C13H9N3O4S/c17-7-9-1-2-11(16(18)19)12(5-9)20-8-10-6-15-3-4-21-13(15)14-10/h1-7H,8H2. The van der Waals surface area contributed by atoms with Gasteiger partial charge in [0.05, 0.1) is 10.6 Å². The Morgan fingerprint density at radius 3 is 3.05 bits per heavy atom. The first-order valence-corrected chi connectivity index (χ1v) is 6.83. The van der Waals surface area contributed by atoms with Crippen molar-refractivity contribution < 1.29 is 14.5 Å². The second-order valence-electron chi connectivity index (χ2n) is 4.22. The lowest BCUT2D eigenvalue weighted by atomic mass is 10.2. The van der Waals surface area contributed by atoms with E-state index in [0.717, 1.165) is 4.96 Å². The van der Waals surface area contributed by atoms with Crippen LogP contribution in [0.15, 0.2) is 36.0 Å². The minimum absolute atomic E-state index is 0.0564. The number of nitro groups is 1. The molecule has 3 rings (SSSR count). The van der Waals surface area contributed by atoms with E-state index in [2.05, 4.69) is 4.98 Å². The molecule has 0 amide bonds. The van der Waals surface area contributed by atoms with E-state index in [1.54, 1.807) is 6.20 Å². The molecule has 7 nitrogen and oxygen atoms in total. The molecule has 0 aliphatic heterocycles. The maximum Gasteiger partial charge on any atom is 0.310 e. The second-order valence-corrected chi connectivity index (χ2v) is 5.09. The molecule has 0 saturated carbocycles. The molecule has 0 aliphatic rings. The van der Waals surface area contributed by atoms with Gasteiger partial charge in [-0.05, 0) is 12.1 Å². The number of imidazole rings is 1. The number of hydrogen-bond donors (Lipinski definition) is 0. The summed E-state index contributed by atoms with van der Waals surface area (Å²) < 4.78 is 7.30. The van der Waals surface area contributed by atoms with E-state index in [1.807, 2.05) is 16.0 Å². The van der Waals surface area contributed by atoms with Crippen LogP contribution in [-0.2, 0) is 6.61 Å². The summed E-state index contributed by atoms with van der Waals surface area (Å²) in [5.41, 5.74) is 0.802. The molecule has 0 bridgehead atoms. The number of hydrogen-bond acceptors (Lipinski definition) is 6. The highest BCUT2D eigenvalue weighted by Crippen LogP contribution is 2.28. The number of rotatable bonds is 5. The Bertz CT molecular complexity index is 795. The van der Waals surface area contributed by atoms with E-state index in [-0.39, 0.29) is 18.0 Å². The molecule has 106 valence electrons. The zero-order chi connectivity index (χ0) is 14.8. The van der Waals surface area contributed by atoms with Crippen molar-refractivity contribution in [1.82, 2.24) is 9.38 Å². The van der Waals surface area contributed by atoms with Gasteiger partial charge < -0.3 is 4.74 Å². The topological polar surface area (TPSA) is 86.7 Å². The molecule has 0 spiro atoms. The predicted octanol–water partition coefficient (Wildman–Crippen LogP) is 2.70. The predicted molar refractivity (Wildman–Crippen MR) is 75.9 cm³/mol. The minimum atomic E-state index is -0.546. The van der Waals surface area contributed by atoms with E-state index >= 15 is 0 Å². The van der Waals surface area contributed by atoms with Gasteiger partial charge in [0, 0.05) is 29.4 Å². The molecule has 3 aromatic rings. The van der Waals surface area contributed by atoms with Gasteiger partial charge in [-0.1, -0.05) is 0 Å². The molecule has 0 aliphatic carbocycles. The van der Waals surface area contributed by atoms with Gasteiger partial charge in [-0.15, -0.1) is 11.3 Å². The van der Waals surface area contributed by atoms with Gasteiger partial charge in [0.25, 0.3) is 0 Å². The maximum atomic E-state index is 11.0. The normalized spacial score (nSPS) is 10.7. The van der Waals surface area contributed by atoms with Crippen LogP contribution in [-0.4, -0.2) is 20.6 Å². The van der Waals surface area contributed by atoms with Crippen molar-refractivity contribution in [2.75, 3.05) is 0 Å². The molecule has 8 heteroatoms. The number of thiazole rings is 1. The summed E-state index contributed by atoms with van der Waals surface area (Å²) in [6.07, 6.45) is 4.27. The molecule has 0 atom stereocenters. The van der Waals surface area contributed by atoms with Gasteiger partial charge in [0.15, 0.2) is 10.7 Å². The number of benzene rings is 1. The summed E-state index contributed by atoms with van der Waals surface area (Å²) in [7, 11) is 0. The van der Waals surface area contributed by atoms with Gasteiger partial charge in [-0.25, -0.2) is 4.98 Å². The van der Waals surface area contributed by atoms with Crippen molar-refractivity contribution in [2.45, 2.75) is 6.61 Å². The van der Waals surface area contributed by atoms with Crippen LogP contribution in [0.3, 0.4) is 0 Å². The summed E-state index contributed by atoms with van der Waals surface area (Å²) in [4.78, 5) is 26.3. The van der Waals surface area contributed by atoms with Gasteiger partial charge in [-0.3, -0.25) is 19.3 Å². The maximum absolute atomic E-state index is 11.0. The quantitative estimate of drug-likeness (QED) is 0.411. The summed E-state index contributed by atoms with van der Waals surface area (Å²) >= 11 is 1.49. The average molecular weight is 303 g/mol. The first kappa shape index (κ1) is 13.3. The Hall–Kier alpha value is -2.74. The molecule has 21 heavy (non-hydrogen) atoms. The number of carbonyl (C=O) groups excluding carboxylic acids is 1.